The zero-order chi connectivity index (χ0) is 23.8. The van der Waals surface area contributed by atoms with Gasteiger partial charge in [-0.25, -0.2) is 9.07 Å². The molecule has 5 nitrogen and oxygen atoms in total. The maximum Gasteiger partial charge on any atom is 0.416 e. The summed E-state index contributed by atoms with van der Waals surface area (Å²) in [5, 5.41) is 7.13. The minimum Gasteiger partial charge on any atom is -0.350 e. The number of carbonyl (C=O) groups is 1. The van der Waals surface area contributed by atoms with Crippen LogP contribution >= 0.6 is 0 Å². The van der Waals surface area contributed by atoms with E-state index < -0.39 is 24.3 Å². The highest BCUT2D eigenvalue weighted by Gasteiger charge is 2.33. The van der Waals surface area contributed by atoms with Crippen molar-refractivity contribution in [3.05, 3.63) is 82.0 Å². The molecule has 174 valence electrons. The van der Waals surface area contributed by atoms with Crippen LogP contribution in [0.15, 0.2) is 48.5 Å². The number of hydrogen-bond donors (Lipinski definition) is 1. The Balaban J connectivity index is 1.60. The fourth-order valence-corrected chi connectivity index (χ4v) is 4.05. The first-order chi connectivity index (χ1) is 15.7. The third-order valence-corrected chi connectivity index (χ3v) is 5.79. The van der Waals surface area contributed by atoms with Crippen LogP contribution in [0.3, 0.4) is 0 Å². The van der Waals surface area contributed by atoms with Crippen molar-refractivity contribution in [2.24, 2.45) is 0 Å². The lowest BCUT2D eigenvalue weighted by Crippen LogP contribution is -2.29. The predicted molar refractivity (Wildman–Crippen MR) is 117 cm³/mol. The van der Waals surface area contributed by atoms with Crippen LogP contribution in [0.1, 0.15) is 51.3 Å². The Morgan fingerprint density at radius 1 is 1.15 bits per heavy atom. The van der Waals surface area contributed by atoms with E-state index in [1.165, 1.54) is 6.07 Å². The van der Waals surface area contributed by atoms with Gasteiger partial charge in [0.1, 0.15) is 23.7 Å². The molecular weight excluding hydrogens is 436 g/mol. The Labute approximate surface area is 189 Å². The first-order valence-corrected chi connectivity index (χ1v) is 10.6. The monoisotopic (exact) mass is 460 g/mol. The van der Waals surface area contributed by atoms with E-state index in [2.05, 4.69) is 10.4 Å². The summed E-state index contributed by atoms with van der Waals surface area (Å²) in [5.74, 6) is -0.0402. The van der Waals surface area contributed by atoms with E-state index in [0.29, 0.717) is 24.5 Å². The van der Waals surface area contributed by atoms with Gasteiger partial charge in [0.15, 0.2) is 0 Å². The van der Waals surface area contributed by atoms with Crippen LogP contribution in [-0.2, 0) is 25.9 Å². The lowest BCUT2D eigenvalue weighted by atomic mass is 10.1. The minimum absolute atomic E-state index is 0.0207. The van der Waals surface area contributed by atoms with Crippen LogP contribution < -0.4 is 10.2 Å². The van der Waals surface area contributed by atoms with E-state index in [9.17, 15) is 22.4 Å². The zero-order valence-corrected chi connectivity index (χ0v) is 18.3. The molecule has 1 aliphatic heterocycles. The van der Waals surface area contributed by atoms with Crippen molar-refractivity contribution in [1.29, 1.82) is 0 Å². The number of anilines is 1. The molecule has 1 amide bonds. The lowest BCUT2D eigenvalue weighted by molar-refractivity contribution is -0.137. The molecule has 0 spiro atoms. The highest BCUT2D eigenvalue weighted by molar-refractivity contribution is 6.00. The summed E-state index contributed by atoms with van der Waals surface area (Å²) in [5.41, 5.74) is 1.85. The summed E-state index contributed by atoms with van der Waals surface area (Å²) in [7, 11) is 0. The molecule has 0 fully saturated rings. The van der Waals surface area contributed by atoms with Crippen molar-refractivity contribution < 1.29 is 22.4 Å². The van der Waals surface area contributed by atoms with Crippen LogP contribution in [0.4, 0.5) is 23.4 Å². The molecule has 1 N–H and O–H groups in total. The van der Waals surface area contributed by atoms with Crippen molar-refractivity contribution in [1.82, 2.24) is 15.1 Å². The van der Waals surface area contributed by atoms with Crippen LogP contribution in [0, 0.1) is 6.92 Å². The van der Waals surface area contributed by atoms with E-state index in [-0.39, 0.29) is 23.8 Å². The van der Waals surface area contributed by atoms with Gasteiger partial charge in [-0.2, -0.15) is 18.3 Å². The summed E-state index contributed by atoms with van der Waals surface area (Å²) >= 11 is 0. The Morgan fingerprint density at radius 3 is 2.55 bits per heavy atom. The number of amides is 1. The first-order valence-electron chi connectivity index (χ1n) is 10.6. The van der Waals surface area contributed by atoms with Crippen molar-refractivity contribution >= 4 is 11.7 Å². The van der Waals surface area contributed by atoms with E-state index >= 15 is 0 Å². The molecule has 3 aromatic rings. The van der Waals surface area contributed by atoms with Crippen molar-refractivity contribution in [2.45, 2.75) is 45.8 Å². The molecule has 1 unspecified atom stereocenters. The molecule has 1 atom stereocenters. The predicted octanol–water partition coefficient (Wildman–Crippen LogP) is 5.19. The van der Waals surface area contributed by atoms with Crippen LogP contribution in [0.25, 0.3) is 0 Å². The first kappa shape index (κ1) is 22.8. The number of carbonyl (C=O) groups excluding carboxylic acids is 1. The summed E-state index contributed by atoms with van der Waals surface area (Å²) in [4.78, 5) is 14.9. The third kappa shape index (κ3) is 4.72. The molecule has 1 aromatic heterocycles. The third-order valence-electron chi connectivity index (χ3n) is 5.79. The fourth-order valence-electron chi connectivity index (χ4n) is 4.05. The number of halogens is 4. The second-order valence-corrected chi connectivity index (χ2v) is 8.23. The smallest absolute Gasteiger partial charge is 0.350 e. The summed E-state index contributed by atoms with van der Waals surface area (Å²) in [6.45, 7) is 3.91. The highest BCUT2D eigenvalue weighted by atomic mass is 19.4. The van der Waals surface area contributed by atoms with Gasteiger partial charge in [0.2, 0.25) is 0 Å². The molecule has 9 heteroatoms. The largest absolute Gasteiger partial charge is 0.416 e. The molecule has 2 heterocycles. The van der Waals surface area contributed by atoms with Gasteiger partial charge in [-0.15, -0.1) is 0 Å². The van der Waals surface area contributed by atoms with Gasteiger partial charge >= 0.3 is 6.18 Å². The molecule has 0 saturated heterocycles. The fraction of sp³-hybridized carbons (Fsp3) is 0.333. The maximum absolute atomic E-state index is 13.7. The number of alkyl halides is 4. The molecule has 0 radical (unpaired) electrons. The quantitative estimate of drug-likeness (QED) is 0.515. The normalized spacial score (nSPS) is 14.3. The number of rotatable bonds is 6. The second kappa shape index (κ2) is 8.88. The summed E-state index contributed by atoms with van der Waals surface area (Å²) in [6, 6.07) is 12.5. The molecule has 1 aliphatic rings. The Kier molecular flexibility index (Phi) is 6.14. The Morgan fingerprint density at radius 2 is 1.88 bits per heavy atom. The number of aromatic nitrogens is 2. The average molecular weight is 460 g/mol. The molecule has 4 rings (SSSR count). The standard InChI is InChI=1S/C24H24F4N4O/c1-15-6-8-18(9-7-15)16(2)29-22(33)21-20(13-25)30-32-11-10-31(23(21)32)14-17-4-3-5-19(12-17)24(26,27)28/h3-9,12,16H,10-11,13-14H2,1-2H3,(H,29,33). The number of benzene rings is 2. The van der Waals surface area contributed by atoms with E-state index in [1.807, 2.05) is 38.1 Å². The number of aryl methyl sites for hydroxylation is 1. The summed E-state index contributed by atoms with van der Waals surface area (Å²) < 4.78 is 54.6. The average Bonchev–Trinajstić information content (AvgIpc) is 3.33. The molecule has 0 saturated carbocycles. The minimum atomic E-state index is -4.44. The van der Waals surface area contributed by atoms with Gasteiger partial charge in [-0.1, -0.05) is 42.0 Å². The zero-order valence-electron chi connectivity index (χ0n) is 18.3. The number of nitrogens with zero attached hydrogens (tertiary/aromatic N) is 3. The van der Waals surface area contributed by atoms with Gasteiger partial charge in [-0.3, -0.25) is 4.79 Å². The van der Waals surface area contributed by atoms with E-state index in [0.717, 1.165) is 23.3 Å². The van der Waals surface area contributed by atoms with Gasteiger partial charge in [0.25, 0.3) is 5.91 Å². The highest BCUT2D eigenvalue weighted by Crippen LogP contribution is 2.33. The molecule has 0 aliphatic carbocycles. The Hall–Kier alpha value is -3.36. The van der Waals surface area contributed by atoms with E-state index in [4.69, 9.17) is 0 Å². The van der Waals surface area contributed by atoms with Gasteiger partial charge in [0.05, 0.1) is 18.2 Å². The van der Waals surface area contributed by atoms with Gasteiger partial charge in [-0.05, 0) is 37.1 Å². The van der Waals surface area contributed by atoms with Crippen molar-refractivity contribution in [3.63, 3.8) is 0 Å². The number of hydrogen-bond acceptors (Lipinski definition) is 3. The summed E-state index contributed by atoms with van der Waals surface area (Å²) in [6.07, 6.45) is -4.44. The van der Waals surface area contributed by atoms with Gasteiger partial charge in [0, 0.05) is 13.1 Å². The second-order valence-electron chi connectivity index (χ2n) is 8.23. The number of nitrogens with one attached hydrogen (secondary N) is 1. The lowest BCUT2D eigenvalue weighted by Gasteiger charge is -2.21. The number of fused-ring (bicyclic) bond motifs is 1. The van der Waals surface area contributed by atoms with Gasteiger partial charge < -0.3 is 10.2 Å². The van der Waals surface area contributed by atoms with Crippen molar-refractivity contribution in [3.8, 4) is 0 Å². The van der Waals surface area contributed by atoms with Crippen molar-refractivity contribution in [2.75, 3.05) is 11.4 Å². The van der Waals surface area contributed by atoms with E-state index in [1.54, 1.807) is 15.6 Å². The van der Waals surface area contributed by atoms with Crippen LogP contribution in [0.2, 0.25) is 0 Å². The Bertz CT molecular complexity index is 1150. The van der Waals surface area contributed by atoms with Crippen LogP contribution in [-0.4, -0.2) is 22.2 Å². The SMILES string of the molecule is Cc1ccc(C(C)NC(=O)c2c(CF)nn3c2N(Cc2cccc(C(F)(F)F)c2)CC3)cc1. The van der Waals surface area contributed by atoms with Crippen LogP contribution in [0.5, 0.6) is 0 Å². The topological polar surface area (TPSA) is 50.2 Å². The molecule has 2 aromatic carbocycles. The molecular formula is C24H24F4N4O. The molecule has 33 heavy (non-hydrogen) atoms. The molecule has 0 bridgehead atoms. The maximum atomic E-state index is 13.7.